The first-order valence-electron chi connectivity index (χ1n) is 39.1. The summed E-state index contributed by atoms with van der Waals surface area (Å²) in [7, 11) is 6.87. The van der Waals surface area contributed by atoms with Crippen LogP contribution in [-0.2, 0) is 32.7 Å². The molecule has 0 saturated carbocycles. The fourth-order valence-electron chi connectivity index (χ4n) is 11.7. The molecular weight excluding hydrogens is 1680 g/mol. The van der Waals surface area contributed by atoms with Crippen LogP contribution in [-0.4, -0.2) is 154 Å². The zero-order chi connectivity index (χ0) is 93.4. The second kappa shape index (κ2) is 47.2. The fourth-order valence-corrected chi connectivity index (χ4v) is 11.7. The first kappa shape index (κ1) is 96.8. The van der Waals surface area contributed by atoms with Gasteiger partial charge in [0, 0.05) is 70.9 Å². The highest BCUT2D eigenvalue weighted by atomic mass is 19.1. The molecule has 0 saturated heterocycles. The number of amides is 5. The number of hydrogen-bond acceptors (Lipinski definition) is 28. The molecule has 129 heavy (non-hydrogen) atoms. The van der Waals surface area contributed by atoms with Crippen molar-refractivity contribution in [2.24, 2.45) is 5.10 Å². The van der Waals surface area contributed by atoms with E-state index in [2.05, 4.69) is 96.9 Å². The van der Waals surface area contributed by atoms with E-state index in [1.807, 2.05) is 18.2 Å². The Morgan fingerprint density at radius 3 is 1.16 bits per heavy atom. The van der Waals surface area contributed by atoms with Crippen molar-refractivity contribution < 1.29 is 89.1 Å². The molecular formula is C91H88F5N19O14. The average molecular weight is 1770 g/mol. The fraction of sp³-hybridized carbons (Fsp3) is 0.220. The van der Waals surface area contributed by atoms with Gasteiger partial charge in [0.1, 0.15) is 74.7 Å². The molecule has 0 fully saturated rings. The normalized spacial score (nSPS) is 11.8. The van der Waals surface area contributed by atoms with E-state index < -0.39 is 58.8 Å². The number of halogens is 5. The summed E-state index contributed by atoms with van der Waals surface area (Å²) in [6.45, 7) is 12.0. The number of Topliss-reactive ketones (excluding diaryl/α,β-unsaturated/α-hetero) is 1. The Morgan fingerprint density at radius 1 is 0.434 bits per heavy atom. The van der Waals surface area contributed by atoms with Crippen LogP contribution in [0.1, 0.15) is 196 Å². The van der Waals surface area contributed by atoms with Gasteiger partial charge in [-0.15, -0.1) is 0 Å². The summed E-state index contributed by atoms with van der Waals surface area (Å²) in [6, 6.07) is 36.2. The number of aldehydes is 1. The van der Waals surface area contributed by atoms with E-state index in [0.717, 1.165) is 16.8 Å². The van der Waals surface area contributed by atoms with E-state index in [0.29, 0.717) is 81.0 Å². The van der Waals surface area contributed by atoms with E-state index in [9.17, 15) is 65.4 Å². The standard InChI is InChI=1S/C22H21FN6O2.C22H19FN4O3.C16H18FN3O3.C16H16FN3O3.C15H14FN3O3/c1-13-26-18(19-9-17(28-29-19)15-4-3-7-24-12-15)10-20(27-13)22(30)25-11-14-5-6-16(23)21(8-14)31-2;1-14-26-18(20(28)8-6-15-4-3-9-24-12-15)11-19(27-14)22(29)25-13-16-5-7-17(23)21(10-16)30-2;2*1-9(21)13-7-14(20-10(2)19-13)16(22)18-8-11-4-5-12(17)15(6-11)23-3;1-9-18-11(8-20)6-13(19-9)15(21)17-7-10-3-4-12(16)14(5-10)22-2/h3-8,10,12,17,28H,9,11H2,1-2H3,(H,25,30);3-12H,13H2,1-2H3,(H,25,29);4-7,9,21H,8H2,1-3H3,(H,18,22);4-7H,8H2,1-3H3,(H,18,22);3-6,8H,7H2,1-2H3,(H,17,21)/b;8-6+;;;. The van der Waals surface area contributed by atoms with Crippen LogP contribution in [0.5, 0.6) is 28.7 Å². The van der Waals surface area contributed by atoms with Crippen molar-refractivity contribution >= 4 is 59.2 Å². The van der Waals surface area contributed by atoms with E-state index >= 15 is 0 Å². The summed E-state index contributed by atoms with van der Waals surface area (Å²) in [5.74, 6) is -2.69. The zero-order valence-corrected chi connectivity index (χ0v) is 71.8. The Balaban J connectivity index is 0.000000183. The molecule has 13 rings (SSSR count). The van der Waals surface area contributed by atoms with Crippen molar-refractivity contribution in [1.82, 2.24) is 91.8 Å². The van der Waals surface area contributed by atoms with Gasteiger partial charge < -0.3 is 60.8 Å². The van der Waals surface area contributed by atoms with Crippen molar-refractivity contribution in [1.29, 1.82) is 0 Å². The predicted molar refractivity (Wildman–Crippen MR) is 459 cm³/mol. The third kappa shape index (κ3) is 29.0. The number of hydrogen-bond donors (Lipinski definition) is 7. The minimum Gasteiger partial charge on any atom is -0.494 e. The molecule has 2 atom stereocenters. The number of hydrazone groups is 1. The van der Waals surface area contributed by atoms with E-state index in [4.69, 9.17) is 23.7 Å². The number of methoxy groups -OCH3 is 5. The number of aromatic nitrogens is 12. The molecule has 0 bridgehead atoms. The zero-order valence-electron chi connectivity index (χ0n) is 71.8. The van der Waals surface area contributed by atoms with Crippen LogP contribution in [0.15, 0.2) is 182 Å². The number of aryl methyl sites for hydroxylation is 5. The molecule has 666 valence electrons. The number of ether oxygens (including phenoxy) is 5. The van der Waals surface area contributed by atoms with Gasteiger partial charge in [-0.1, -0.05) is 42.5 Å². The Labute approximate surface area is 736 Å². The third-order valence-corrected chi connectivity index (χ3v) is 18.1. The van der Waals surface area contributed by atoms with Crippen LogP contribution in [0.3, 0.4) is 0 Å². The Kier molecular flexibility index (Phi) is 35.4. The summed E-state index contributed by atoms with van der Waals surface area (Å²) in [6.07, 6.45) is 10.2. The first-order chi connectivity index (χ1) is 61.8. The molecule has 1 aliphatic rings. The molecule has 7 aromatic heterocycles. The monoisotopic (exact) mass is 1770 g/mol. The van der Waals surface area contributed by atoms with Gasteiger partial charge in [-0.05, 0) is 196 Å². The Bertz CT molecular complexity index is 6120. The van der Waals surface area contributed by atoms with Gasteiger partial charge in [-0.2, -0.15) is 5.10 Å². The number of allylic oxidation sites excluding steroid dienone is 1. The van der Waals surface area contributed by atoms with Crippen molar-refractivity contribution in [2.75, 3.05) is 35.5 Å². The maximum absolute atomic E-state index is 13.6. The molecule has 38 heteroatoms. The summed E-state index contributed by atoms with van der Waals surface area (Å²) in [5.41, 5.74) is 11.1. The van der Waals surface area contributed by atoms with Crippen LogP contribution in [0.25, 0.3) is 6.08 Å². The highest BCUT2D eigenvalue weighted by Crippen LogP contribution is 2.27. The lowest BCUT2D eigenvalue weighted by molar-refractivity contribution is 0.0936. The lowest BCUT2D eigenvalue weighted by atomic mass is 10.0. The molecule has 0 radical (unpaired) electrons. The van der Waals surface area contributed by atoms with Gasteiger partial charge in [-0.3, -0.25) is 48.3 Å². The Hall–Kier alpha value is -16.0. The maximum atomic E-state index is 13.6. The maximum Gasteiger partial charge on any atom is 0.270 e. The molecule has 1 aliphatic heterocycles. The number of nitrogens with one attached hydrogen (secondary N) is 6. The topological polar surface area (TPSA) is 442 Å². The summed E-state index contributed by atoms with van der Waals surface area (Å²) >= 11 is 0. The number of carbonyl (C=O) groups excluding carboxylic acids is 8. The number of nitrogens with zero attached hydrogens (tertiary/aromatic N) is 13. The predicted octanol–water partition coefficient (Wildman–Crippen LogP) is 11.5. The second-order valence-corrected chi connectivity index (χ2v) is 27.8. The van der Waals surface area contributed by atoms with Gasteiger partial charge >= 0.3 is 0 Å². The lowest BCUT2D eigenvalue weighted by Gasteiger charge is -2.10. The largest absolute Gasteiger partial charge is 0.494 e. The number of ketones is 2. The van der Waals surface area contributed by atoms with Gasteiger partial charge in [0.25, 0.3) is 29.5 Å². The van der Waals surface area contributed by atoms with Gasteiger partial charge in [0.2, 0.25) is 5.78 Å². The van der Waals surface area contributed by atoms with Crippen molar-refractivity contribution in [2.45, 2.75) is 99.8 Å². The molecule has 2 unspecified atom stereocenters. The number of pyridine rings is 2. The number of rotatable bonds is 28. The first-order valence-corrected chi connectivity index (χ1v) is 39.1. The SMILES string of the molecule is COc1cc(CNC(=O)c2cc(C(=O)/C=C/c3cccnc3)nc(C)n2)ccc1F.COc1cc(CNC(=O)c2cc(C(C)=O)nc(C)n2)ccc1F.COc1cc(CNC(=O)c2cc(C(C)O)nc(C)n2)ccc1F.COc1cc(CNC(=O)c2cc(C3=NNC(c4cccnc4)C3)nc(C)n2)ccc1F.COc1cc(CNC(=O)c2cc(C=O)nc(C)n2)ccc1F. The average Bonchev–Trinajstić information content (AvgIpc) is 1.68. The molecule has 33 nitrogen and oxygen atoms in total. The number of aliphatic hydroxyl groups is 1. The number of benzene rings is 5. The van der Waals surface area contributed by atoms with Gasteiger partial charge in [0.05, 0.1) is 64.8 Å². The molecule has 0 aliphatic carbocycles. The van der Waals surface area contributed by atoms with E-state index in [1.165, 1.54) is 127 Å². The smallest absolute Gasteiger partial charge is 0.270 e. The van der Waals surface area contributed by atoms with Crippen LogP contribution in [0, 0.1) is 63.7 Å². The van der Waals surface area contributed by atoms with E-state index in [1.54, 1.807) is 121 Å². The molecule has 8 heterocycles. The number of aliphatic hydroxyl groups excluding tert-OH is 1. The summed E-state index contributed by atoms with van der Waals surface area (Å²) in [5, 5.41) is 27.4. The summed E-state index contributed by atoms with van der Waals surface area (Å²) < 4.78 is 91.6. The van der Waals surface area contributed by atoms with Gasteiger partial charge in [-0.25, -0.2) is 71.8 Å². The van der Waals surface area contributed by atoms with Crippen LogP contribution in [0.4, 0.5) is 22.0 Å². The second-order valence-electron chi connectivity index (χ2n) is 27.8. The molecule has 0 spiro atoms. The molecule has 5 amide bonds. The highest BCUT2D eigenvalue weighted by molar-refractivity contribution is 6.07. The highest BCUT2D eigenvalue weighted by Gasteiger charge is 2.25. The van der Waals surface area contributed by atoms with Crippen LogP contribution in [0.2, 0.25) is 0 Å². The van der Waals surface area contributed by atoms with Crippen LogP contribution >= 0.6 is 0 Å². The number of carbonyl (C=O) groups is 8. The molecule has 5 aromatic carbocycles. The van der Waals surface area contributed by atoms with Crippen LogP contribution < -0.4 is 55.7 Å². The molecule has 12 aromatic rings. The Morgan fingerprint density at radius 2 is 0.783 bits per heavy atom. The third-order valence-electron chi connectivity index (χ3n) is 18.1. The quantitative estimate of drug-likeness (QED) is 0.0104. The molecule has 7 N–H and O–H groups in total. The van der Waals surface area contributed by atoms with Crippen molar-refractivity contribution in [3.05, 3.63) is 331 Å². The van der Waals surface area contributed by atoms with Crippen molar-refractivity contribution in [3.63, 3.8) is 0 Å². The van der Waals surface area contributed by atoms with Gasteiger partial charge in [0.15, 0.2) is 69.9 Å². The van der Waals surface area contributed by atoms with E-state index in [-0.39, 0.29) is 131 Å². The summed E-state index contributed by atoms with van der Waals surface area (Å²) in [4.78, 5) is 145. The lowest BCUT2D eigenvalue weighted by Crippen LogP contribution is -2.25. The minimum atomic E-state index is -0.787. The minimum absolute atomic E-state index is 0.00436. The van der Waals surface area contributed by atoms with Crippen molar-refractivity contribution in [3.8, 4) is 28.7 Å².